The number of thiophene rings is 1. The molecular weight excluding hydrogens is 252 g/mol. The first-order valence-corrected chi connectivity index (χ1v) is 6.65. The van der Waals surface area contributed by atoms with Gasteiger partial charge in [0.2, 0.25) is 0 Å². The number of nitrogens with two attached hydrogens (primary N) is 1. The van der Waals surface area contributed by atoms with E-state index in [-0.39, 0.29) is 6.10 Å². The van der Waals surface area contributed by atoms with Crippen LogP contribution in [0.25, 0.3) is 10.2 Å². The molecule has 0 aliphatic carbocycles. The normalized spacial score (nSPS) is 19.5. The second kappa shape index (κ2) is 5.15. The van der Waals surface area contributed by atoms with Crippen LogP contribution in [0.1, 0.15) is 12.2 Å². The Morgan fingerprint density at radius 3 is 3.28 bits per heavy atom. The molecule has 2 aromatic rings. The van der Waals surface area contributed by atoms with Gasteiger partial charge in [-0.15, -0.1) is 11.3 Å². The van der Waals surface area contributed by atoms with Crippen molar-refractivity contribution in [1.82, 2.24) is 9.97 Å². The maximum atomic E-state index is 5.70. The van der Waals surface area contributed by atoms with E-state index >= 15 is 0 Å². The minimum absolute atomic E-state index is 0.155. The van der Waals surface area contributed by atoms with Crippen molar-refractivity contribution in [3.8, 4) is 0 Å². The Morgan fingerprint density at radius 2 is 2.50 bits per heavy atom. The van der Waals surface area contributed by atoms with Gasteiger partial charge in [0.05, 0.1) is 18.1 Å². The van der Waals surface area contributed by atoms with Crippen LogP contribution in [-0.4, -0.2) is 29.3 Å². The summed E-state index contributed by atoms with van der Waals surface area (Å²) >= 11 is 1.56. The lowest BCUT2D eigenvalue weighted by Crippen LogP contribution is -2.15. The van der Waals surface area contributed by atoms with Gasteiger partial charge in [0, 0.05) is 6.61 Å². The molecule has 3 rings (SSSR count). The zero-order valence-electron chi connectivity index (χ0n) is 9.76. The monoisotopic (exact) mass is 266 g/mol. The van der Waals surface area contributed by atoms with Crippen molar-refractivity contribution in [3.05, 3.63) is 17.3 Å². The molecule has 96 valence electrons. The number of fused-ring (bicyclic) bond motifs is 1. The number of hydrogen-bond acceptors (Lipinski definition) is 7. The van der Waals surface area contributed by atoms with E-state index in [0.717, 1.165) is 23.2 Å². The minimum Gasteiger partial charge on any atom is -0.379 e. The molecule has 2 aromatic heterocycles. The van der Waals surface area contributed by atoms with Gasteiger partial charge in [0.15, 0.2) is 11.6 Å². The fourth-order valence-electron chi connectivity index (χ4n) is 1.91. The maximum absolute atomic E-state index is 5.70. The zero-order chi connectivity index (χ0) is 12.4. The molecule has 18 heavy (non-hydrogen) atoms. The molecule has 1 unspecified atom stereocenters. The van der Waals surface area contributed by atoms with E-state index < -0.39 is 0 Å². The molecule has 3 N–H and O–H groups in total. The summed E-state index contributed by atoms with van der Waals surface area (Å²) in [6.45, 7) is 1.81. The van der Waals surface area contributed by atoms with E-state index in [2.05, 4.69) is 15.4 Å². The van der Waals surface area contributed by atoms with E-state index in [1.165, 1.54) is 0 Å². The van der Waals surface area contributed by atoms with Gasteiger partial charge in [-0.2, -0.15) is 0 Å². The largest absolute Gasteiger partial charge is 0.379 e. The first-order chi connectivity index (χ1) is 8.86. The van der Waals surface area contributed by atoms with Crippen LogP contribution in [-0.2, 0) is 16.1 Å². The number of aromatic nitrogens is 2. The summed E-state index contributed by atoms with van der Waals surface area (Å²) in [4.78, 5) is 9.71. The molecule has 7 heteroatoms. The van der Waals surface area contributed by atoms with Gasteiger partial charge in [-0.05, 0) is 17.9 Å². The highest BCUT2D eigenvalue weighted by Gasteiger charge is 2.17. The van der Waals surface area contributed by atoms with Gasteiger partial charge in [-0.25, -0.2) is 15.8 Å². The average Bonchev–Trinajstić information content (AvgIpc) is 3.06. The zero-order valence-corrected chi connectivity index (χ0v) is 10.6. The highest BCUT2D eigenvalue weighted by Crippen LogP contribution is 2.24. The van der Waals surface area contributed by atoms with Gasteiger partial charge < -0.3 is 14.9 Å². The number of nitrogen functional groups attached to an aromatic ring is 1. The summed E-state index contributed by atoms with van der Waals surface area (Å²) in [6, 6.07) is 1.95. The fourth-order valence-corrected chi connectivity index (χ4v) is 2.69. The van der Waals surface area contributed by atoms with Crippen molar-refractivity contribution in [2.24, 2.45) is 5.84 Å². The number of nitrogens with one attached hydrogen (secondary N) is 1. The fraction of sp³-hybridized carbons (Fsp3) is 0.455. The standard InChI is InChI=1S/C11H14N4O2S/c12-15-10-8-2-4-18-11(8)14-9(13-10)6-17-7-1-3-16-5-7/h2,4,7H,1,3,5-6,12H2,(H,13,14,15). The Morgan fingerprint density at radius 1 is 1.56 bits per heavy atom. The third-order valence-electron chi connectivity index (χ3n) is 2.84. The average molecular weight is 266 g/mol. The Hall–Kier alpha value is -1.28. The van der Waals surface area contributed by atoms with E-state index in [0.29, 0.717) is 24.9 Å². The smallest absolute Gasteiger partial charge is 0.158 e. The maximum Gasteiger partial charge on any atom is 0.158 e. The molecule has 0 aromatic carbocycles. The molecule has 1 aliphatic rings. The van der Waals surface area contributed by atoms with Crippen LogP contribution in [0.15, 0.2) is 11.4 Å². The molecule has 1 aliphatic heterocycles. The Bertz CT molecular complexity index is 539. The number of nitrogens with zero attached hydrogens (tertiary/aromatic N) is 2. The lowest BCUT2D eigenvalue weighted by atomic mass is 10.3. The van der Waals surface area contributed by atoms with Crippen LogP contribution < -0.4 is 11.3 Å². The highest BCUT2D eigenvalue weighted by molar-refractivity contribution is 7.16. The predicted molar refractivity (Wildman–Crippen MR) is 69.2 cm³/mol. The summed E-state index contributed by atoms with van der Waals surface area (Å²) in [5.74, 6) is 6.75. The van der Waals surface area contributed by atoms with Crippen molar-refractivity contribution in [2.75, 3.05) is 18.6 Å². The number of hydrazine groups is 1. The minimum atomic E-state index is 0.155. The summed E-state index contributed by atoms with van der Waals surface area (Å²) in [5.41, 5.74) is 2.60. The number of rotatable bonds is 4. The summed E-state index contributed by atoms with van der Waals surface area (Å²) in [7, 11) is 0. The number of anilines is 1. The van der Waals surface area contributed by atoms with Gasteiger partial charge in [0.1, 0.15) is 11.4 Å². The molecule has 1 saturated heterocycles. The molecule has 1 fully saturated rings. The van der Waals surface area contributed by atoms with Crippen LogP contribution in [0.5, 0.6) is 0 Å². The SMILES string of the molecule is NNc1nc(COC2CCOC2)nc2sccc12. The molecule has 0 spiro atoms. The van der Waals surface area contributed by atoms with Crippen molar-refractivity contribution in [3.63, 3.8) is 0 Å². The molecule has 1 atom stereocenters. The van der Waals surface area contributed by atoms with Gasteiger partial charge in [-0.3, -0.25) is 0 Å². The summed E-state index contributed by atoms with van der Waals surface area (Å²) in [5, 5.41) is 2.91. The topological polar surface area (TPSA) is 82.3 Å². The van der Waals surface area contributed by atoms with Crippen LogP contribution in [0, 0.1) is 0 Å². The third kappa shape index (κ3) is 2.30. The van der Waals surface area contributed by atoms with Gasteiger partial charge >= 0.3 is 0 Å². The van der Waals surface area contributed by atoms with Crippen molar-refractivity contribution < 1.29 is 9.47 Å². The number of hydrogen-bond donors (Lipinski definition) is 2. The number of ether oxygens (including phenoxy) is 2. The van der Waals surface area contributed by atoms with E-state index in [4.69, 9.17) is 15.3 Å². The molecule has 0 saturated carbocycles. The van der Waals surface area contributed by atoms with Crippen molar-refractivity contribution in [2.45, 2.75) is 19.1 Å². The summed E-state index contributed by atoms with van der Waals surface area (Å²) in [6.07, 6.45) is 1.09. The van der Waals surface area contributed by atoms with E-state index in [9.17, 15) is 0 Å². The first kappa shape index (κ1) is 11.8. The second-order valence-electron chi connectivity index (χ2n) is 4.07. The molecule has 3 heterocycles. The third-order valence-corrected chi connectivity index (χ3v) is 3.65. The summed E-state index contributed by atoms with van der Waals surface area (Å²) < 4.78 is 11.0. The molecule has 0 amide bonds. The highest BCUT2D eigenvalue weighted by atomic mass is 32.1. The lowest BCUT2D eigenvalue weighted by Gasteiger charge is -2.09. The quantitative estimate of drug-likeness (QED) is 0.641. The van der Waals surface area contributed by atoms with Crippen molar-refractivity contribution in [1.29, 1.82) is 0 Å². The van der Waals surface area contributed by atoms with Gasteiger partial charge in [0.25, 0.3) is 0 Å². The van der Waals surface area contributed by atoms with E-state index in [1.54, 1.807) is 11.3 Å². The van der Waals surface area contributed by atoms with Crippen LogP contribution >= 0.6 is 11.3 Å². The lowest BCUT2D eigenvalue weighted by molar-refractivity contribution is 0.0286. The second-order valence-corrected chi connectivity index (χ2v) is 4.96. The van der Waals surface area contributed by atoms with Crippen molar-refractivity contribution >= 4 is 27.4 Å². The predicted octanol–water partition coefficient (Wildman–Crippen LogP) is 1.28. The molecule has 0 bridgehead atoms. The molecule has 6 nitrogen and oxygen atoms in total. The Balaban J connectivity index is 1.78. The van der Waals surface area contributed by atoms with Gasteiger partial charge in [-0.1, -0.05) is 0 Å². The molecular formula is C11H14N4O2S. The Kier molecular flexibility index (Phi) is 3.37. The first-order valence-electron chi connectivity index (χ1n) is 5.77. The van der Waals surface area contributed by atoms with Crippen LogP contribution in [0.3, 0.4) is 0 Å². The Labute approximate surface area is 108 Å². The molecule has 0 radical (unpaired) electrons. The van der Waals surface area contributed by atoms with E-state index in [1.807, 2.05) is 11.4 Å². The van der Waals surface area contributed by atoms with Crippen LogP contribution in [0.2, 0.25) is 0 Å². The van der Waals surface area contributed by atoms with Crippen LogP contribution in [0.4, 0.5) is 5.82 Å².